The Morgan fingerprint density at radius 3 is 2.26 bits per heavy atom. The fraction of sp³-hybridized carbons (Fsp3) is 0.300. The molecule has 0 spiro atoms. The van der Waals surface area contributed by atoms with Crippen molar-refractivity contribution >= 4 is 12.2 Å². The summed E-state index contributed by atoms with van der Waals surface area (Å²) in [6.45, 7) is -0.510. The van der Waals surface area contributed by atoms with Crippen LogP contribution in [0.4, 0.5) is 0 Å². The zero-order chi connectivity index (χ0) is 19.4. The van der Waals surface area contributed by atoms with Crippen molar-refractivity contribution in [1.82, 2.24) is 0 Å². The average Bonchev–Trinajstić information content (AvgIpc) is 2.68. The lowest BCUT2D eigenvalue weighted by molar-refractivity contribution is -0.277. The highest BCUT2D eigenvalue weighted by Gasteiger charge is 2.44. The molecule has 1 heterocycles. The summed E-state index contributed by atoms with van der Waals surface area (Å²) >= 11 is 0. The van der Waals surface area contributed by atoms with Gasteiger partial charge >= 0.3 is 0 Å². The van der Waals surface area contributed by atoms with Gasteiger partial charge in [0.2, 0.25) is 6.29 Å². The zero-order valence-corrected chi connectivity index (χ0v) is 14.4. The van der Waals surface area contributed by atoms with Gasteiger partial charge in [-0.2, -0.15) is 0 Å². The number of aliphatic hydroxyl groups is 4. The van der Waals surface area contributed by atoms with Gasteiger partial charge in [0.25, 0.3) is 0 Å². The molecule has 1 aliphatic rings. The fourth-order valence-corrected chi connectivity index (χ4v) is 2.78. The number of aliphatic hydroxyl groups excluding tert-OH is 4. The Morgan fingerprint density at radius 1 is 0.889 bits per heavy atom. The number of aromatic hydroxyl groups is 1. The van der Waals surface area contributed by atoms with E-state index in [9.17, 15) is 25.5 Å². The highest BCUT2D eigenvalue weighted by atomic mass is 16.7. The maximum atomic E-state index is 10.00. The van der Waals surface area contributed by atoms with Crippen molar-refractivity contribution in [3.8, 4) is 11.5 Å². The number of rotatable bonds is 5. The Bertz CT molecular complexity index is 772. The second-order valence-electron chi connectivity index (χ2n) is 6.31. The molecule has 0 aliphatic carbocycles. The number of phenolic OH excluding ortho intramolecular Hbond substituents is 1. The molecule has 0 bridgehead atoms. The molecule has 1 fully saturated rings. The molecule has 2 aromatic rings. The van der Waals surface area contributed by atoms with Crippen LogP contribution in [0.3, 0.4) is 0 Å². The van der Waals surface area contributed by atoms with E-state index in [2.05, 4.69) is 0 Å². The van der Waals surface area contributed by atoms with Gasteiger partial charge in [-0.25, -0.2) is 0 Å². The Labute approximate surface area is 156 Å². The van der Waals surface area contributed by atoms with E-state index in [1.54, 1.807) is 42.5 Å². The number of phenols is 1. The summed E-state index contributed by atoms with van der Waals surface area (Å²) in [5.41, 5.74) is 1.75. The average molecular weight is 374 g/mol. The molecule has 0 radical (unpaired) electrons. The smallest absolute Gasteiger partial charge is 0.229 e. The first-order valence-electron chi connectivity index (χ1n) is 8.52. The Kier molecular flexibility index (Phi) is 6.10. The Hall–Kier alpha value is -2.42. The largest absolute Gasteiger partial charge is 0.508 e. The van der Waals surface area contributed by atoms with E-state index < -0.39 is 37.3 Å². The summed E-state index contributed by atoms with van der Waals surface area (Å²) in [4.78, 5) is 0. The van der Waals surface area contributed by atoms with Crippen LogP contribution in [-0.2, 0) is 4.74 Å². The minimum atomic E-state index is -1.48. The van der Waals surface area contributed by atoms with E-state index >= 15 is 0 Å². The standard InChI is InChI=1S/C20H22O7/c21-11-16-17(23)18(24)19(25)20(27-16)26-15-8-6-12(7-9-15)4-5-13-2-1-3-14(22)10-13/h1-10,16-25H,11H2/b5-4+/t16?,17-,18+,19?,20-/m1/s1. The van der Waals surface area contributed by atoms with Gasteiger partial charge in [0, 0.05) is 0 Å². The minimum Gasteiger partial charge on any atom is -0.508 e. The van der Waals surface area contributed by atoms with Crippen LogP contribution in [0.5, 0.6) is 11.5 Å². The Balaban J connectivity index is 1.65. The molecule has 5 atom stereocenters. The summed E-state index contributed by atoms with van der Waals surface area (Å²) in [7, 11) is 0. The third kappa shape index (κ3) is 4.65. The molecule has 1 aliphatic heterocycles. The van der Waals surface area contributed by atoms with Crippen LogP contribution in [0.2, 0.25) is 0 Å². The molecule has 2 aromatic carbocycles. The van der Waals surface area contributed by atoms with Gasteiger partial charge in [-0.15, -0.1) is 0 Å². The first-order valence-corrected chi connectivity index (χ1v) is 8.52. The maximum absolute atomic E-state index is 10.00. The summed E-state index contributed by atoms with van der Waals surface area (Å²) in [5.74, 6) is 0.592. The highest BCUT2D eigenvalue weighted by Crippen LogP contribution is 2.25. The van der Waals surface area contributed by atoms with E-state index in [1.807, 2.05) is 18.2 Å². The number of ether oxygens (including phenoxy) is 2. The van der Waals surface area contributed by atoms with Gasteiger partial charge in [0.05, 0.1) is 6.61 Å². The molecule has 0 saturated carbocycles. The van der Waals surface area contributed by atoms with Crippen molar-refractivity contribution in [2.45, 2.75) is 30.7 Å². The predicted octanol–water partition coefficient (Wildman–Crippen LogP) is 0.741. The van der Waals surface area contributed by atoms with Crippen molar-refractivity contribution in [2.75, 3.05) is 6.61 Å². The summed E-state index contributed by atoms with van der Waals surface area (Å²) in [6.07, 6.45) is -2.86. The molecule has 144 valence electrons. The lowest BCUT2D eigenvalue weighted by Gasteiger charge is -2.39. The van der Waals surface area contributed by atoms with Crippen molar-refractivity contribution in [2.24, 2.45) is 0 Å². The lowest BCUT2D eigenvalue weighted by atomic mass is 9.99. The van der Waals surface area contributed by atoms with Gasteiger partial charge in [-0.3, -0.25) is 0 Å². The topological polar surface area (TPSA) is 120 Å². The van der Waals surface area contributed by atoms with Crippen LogP contribution in [-0.4, -0.2) is 62.8 Å². The van der Waals surface area contributed by atoms with Crippen LogP contribution in [0.15, 0.2) is 48.5 Å². The molecular formula is C20H22O7. The molecule has 3 rings (SSSR count). The first kappa shape index (κ1) is 19.3. The molecular weight excluding hydrogens is 352 g/mol. The van der Waals surface area contributed by atoms with E-state index in [1.165, 1.54) is 0 Å². The van der Waals surface area contributed by atoms with Gasteiger partial charge < -0.3 is 35.0 Å². The van der Waals surface area contributed by atoms with Crippen LogP contribution >= 0.6 is 0 Å². The van der Waals surface area contributed by atoms with E-state index in [-0.39, 0.29) is 5.75 Å². The first-order chi connectivity index (χ1) is 13.0. The van der Waals surface area contributed by atoms with Crippen LogP contribution < -0.4 is 4.74 Å². The second kappa shape index (κ2) is 8.51. The summed E-state index contributed by atoms with van der Waals surface area (Å²) in [6, 6.07) is 13.8. The van der Waals surface area contributed by atoms with E-state index in [0.29, 0.717) is 5.75 Å². The van der Waals surface area contributed by atoms with Crippen LogP contribution in [0.25, 0.3) is 12.2 Å². The van der Waals surface area contributed by atoms with Gasteiger partial charge in [0.1, 0.15) is 35.9 Å². The SMILES string of the molecule is OCC1O[C@@H](Oc2ccc(/C=C/c3cccc(O)c3)cc2)C(O)[C@@H](O)[C@@H]1O. The highest BCUT2D eigenvalue weighted by molar-refractivity contribution is 5.70. The van der Waals surface area contributed by atoms with E-state index in [4.69, 9.17) is 9.47 Å². The minimum absolute atomic E-state index is 0.195. The third-order valence-corrected chi connectivity index (χ3v) is 4.32. The quantitative estimate of drug-likeness (QED) is 0.490. The molecule has 0 aromatic heterocycles. The summed E-state index contributed by atoms with van der Waals surface area (Å²) < 4.78 is 10.9. The van der Waals surface area contributed by atoms with Crippen molar-refractivity contribution in [3.05, 3.63) is 59.7 Å². The molecule has 7 heteroatoms. The van der Waals surface area contributed by atoms with Crippen molar-refractivity contribution < 1.29 is 35.0 Å². The monoisotopic (exact) mass is 374 g/mol. The van der Waals surface area contributed by atoms with Crippen molar-refractivity contribution in [1.29, 1.82) is 0 Å². The summed E-state index contributed by atoms with van der Waals surface area (Å²) in [5, 5.41) is 48.2. The number of benzene rings is 2. The van der Waals surface area contributed by atoms with E-state index in [0.717, 1.165) is 11.1 Å². The van der Waals surface area contributed by atoms with Crippen molar-refractivity contribution in [3.63, 3.8) is 0 Å². The maximum Gasteiger partial charge on any atom is 0.229 e. The van der Waals surface area contributed by atoms with Gasteiger partial charge in [0.15, 0.2) is 0 Å². The molecule has 2 unspecified atom stereocenters. The number of hydrogen-bond acceptors (Lipinski definition) is 7. The molecule has 27 heavy (non-hydrogen) atoms. The predicted molar refractivity (Wildman–Crippen MR) is 97.9 cm³/mol. The van der Waals surface area contributed by atoms with Gasteiger partial charge in [-0.05, 0) is 35.4 Å². The molecule has 0 amide bonds. The van der Waals surface area contributed by atoms with Gasteiger partial charge in [-0.1, -0.05) is 36.4 Å². The third-order valence-electron chi connectivity index (χ3n) is 4.32. The van der Waals surface area contributed by atoms with Crippen LogP contribution in [0.1, 0.15) is 11.1 Å². The lowest BCUT2D eigenvalue weighted by Crippen LogP contribution is -2.60. The molecule has 5 N–H and O–H groups in total. The Morgan fingerprint density at radius 2 is 1.59 bits per heavy atom. The molecule has 7 nitrogen and oxygen atoms in total. The van der Waals surface area contributed by atoms with Crippen LogP contribution in [0, 0.1) is 0 Å². The fourth-order valence-electron chi connectivity index (χ4n) is 2.78. The number of hydrogen-bond donors (Lipinski definition) is 5. The normalized spacial score (nSPS) is 28.4. The second-order valence-corrected chi connectivity index (χ2v) is 6.31. The molecule has 1 saturated heterocycles. The zero-order valence-electron chi connectivity index (χ0n) is 14.4.